The number of halogens is 1. The second-order valence-corrected chi connectivity index (χ2v) is 20.0. The van der Waals surface area contributed by atoms with Crippen LogP contribution >= 0.6 is 7.26 Å². The Kier molecular flexibility index (Phi) is 13.3. The summed E-state index contributed by atoms with van der Waals surface area (Å²) >= 11 is 0. The summed E-state index contributed by atoms with van der Waals surface area (Å²) in [7, 11) is -3.26. The van der Waals surface area contributed by atoms with Crippen molar-refractivity contribution in [2.24, 2.45) is 0 Å². The zero-order valence-electron chi connectivity index (χ0n) is 23.8. The molecule has 0 amide bonds. The smallest absolute Gasteiger partial charge is 0.191 e. The standard InChI is InChI=1S/C33H48OPSi.BrH/c1-33(2,3)36(4,5)34-28-20-9-7-6-8-10-21-29-35(30-22-14-11-15-23-30,31-24-16-12-17-25-31)32-26-18-13-19-27-32;/h11-19,22-27H,6-10,20-21,28-29H2,1-5H3;1H/q+1;/p-1. The fourth-order valence-electron chi connectivity index (χ4n) is 4.76. The van der Waals surface area contributed by atoms with E-state index in [-0.39, 0.29) is 17.0 Å². The van der Waals surface area contributed by atoms with E-state index >= 15 is 0 Å². The van der Waals surface area contributed by atoms with Crippen LogP contribution in [0.4, 0.5) is 0 Å². The zero-order valence-corrected chi connectivity index (χ0v) is 27.2. The highest BCUT2D eigenvalue weighted by atomic mass is 79.9. The molecule has 0 radical (unpaired) electrons. The zero-order chi connectivity index (χ0) is 25.9. The van der Waals surface area contributed by atoms with Gasteiger partial charge in [0.1, 0.15) is 23.2 Å². The summed E-state index contributed by atoms with van der Waals surface area (Å²) in [5.74, 6) is 0. The number of hydrogen-bond acceptors (Lipinski definition) is 1. The van der Waals surface area contributed by atoms with Crippen molar-refractivity contribution in [1.29, 1.82) is 0 Å². The van der Waals surface area contributed by atoms with Gasteiger partial charge in [0.25, 0.3) is 0 Å². The molecule has 3 rings (SSSR count). The maximum atomic E-state index is 6.35. The molecule has 0 heterocycles. The summed E-state index contributed by atoms with van der Waals surface area (Å²) in [5.41, 5.74) is 0. The van der Waals surface area contributed by atoms with Crippen molar-refractivity contribution in [2.45, 2.75) is 83.8 Å². The summed E-state index contributed by atoms with van der Waals surface area (Å²) in [5, 5.41) is 4.82. The van der Waals surface area contributed by atoms with E-state index in [0.29, 0.717) is 5.04 Å². The van der Waals surface area contributed by atoms with Crippen LogP contribution in [-0.2, 0) is 4.43 Å². The highest BCUT2D eigenvalue weighted by molar-refractivity contribution is 7.95. The summed E-state index contributed by atoms with van der Waals surface area (Å²) in [6.07, 6.45) is 10.3. The van der Waals surface area contributed by atoms with Crippen molar-refractivity contribution in [2.75, 3.05) is 12.8 Å². The average Bonchev–Trinajstić information content (AvgIpc) is 2.88. The lowest BCUT2D eigenvalue weighted by Crippen LogP contribution is -3.00. The topological polar surface area (TPSA) is 9.23 Å². The third-order valence-corrected chi connectivity index (χ3v) is 17.1. The molecular weight excluding hydrogens is 551 g/mol. The van der Waals surface area contributed by atoms with Crippen LogP contribution < -0.4 is 32.9 Å². The van der Waals surface area contributed by atoms with Gasteiger partial charge in [-0.05, 0) is 73.8 Å². The number of unbranched alkanes of at least 4 members (excludes halogenated alkanes) is 6. The van der Waals surface area contributed by atoms with Crippen LogP contribution in [0.2, 0.25) is 18.1 Å². The van der Waals surface area contributed by atoms with Crippen molar-refractivity contribution in [3.63, 3.8) is 0 Å². The molecule has 37 heavy (non-hydrogen) atoms. The van der Waals surface area contributed by atoms with Gasteiger partial charge in [-0.15, -0.1) is 0 Å². The van der Waals surface area contributed by atoms with Gasteiger partial charge in [-0.25, -0.2) is 0 Å². The molecule has 3 aromatic carbocycles. The molecule has 0 aliphatic heterocycles. The summed E-state index contributed by atoms with van der Waals surface area (Å²) in [4.78, 5) is 0. The predicted octanol–water partition coefficient (Wildman–Crippen LogP) is 5.74. The first-order valence-electron chi connectivity index (χ1n) is 14.0. The highest BCUT2D eigenvalue weighted by Gasteiger charge is 2.44. The predicted molar refractivity (Wildman–Crippen MR) is 165 cm³/mol. The normalized spacial score (nSPS) is 12.2. The summed E-state index contributed by atoms with van der Waals surface area (Å²) in [6.45, 7) is 12.6. The van der Waals surface area contributed by atoms with E-state index in [1.165, 1.54) is 67.0 Å². The molecule has 202 valence electrons. The van der Waals surface area contributed by atoms with E-state index in [2.05, 4.69) is 125 Å². The van der Waals surface area contributed by atoms with Crippen LogP contribution in [0.1, 0.15) is 65.7 Å². The first kappa shape index (κ1) is 32.0. The van der Waals surface area contributed by atoms with E-state index in [4.69, 9.17) is 4.43 Å². The molecule has 0 spiro atoms. The largest absolute Gasteiger partial charge is 1.00 e. The molecule has 0 bridgehead atoms. The van der Waals surface area contributed by atoms with Gasteiger partial charge in [-0.1, -0.05) is 101 Å². The Hall–Kier alpha value is -1.25. The lowest BCUT2D eigenvalue weighted by atomic mass is 10.1. The van der Waals surface area contributed by atoms with E-state index in [1.54, 1.807) is 0 Å². The van der Waals surface area contributed by atoms with Crippen molar-refractivity contribution in [1.82, 2.24) is 0 Å². The fourth-order valence-corrected chi connectivity index (χ4v) is 10.3. The maximum Gasteiger partial charge on any atom is 0.191 e. The molecular formula is C33H48BrOPSi. The van der Waals surface area contributed by atoms with Crippen molar-refractivity contribution < 1.29 is 21.4 Å². The fraction of sp³-hybridized carbons (Fsp3) is 0.455. The third kappa shape index (κ3) is 8.89. The summed E-state index contributed by atoms with van der Waals surface area (Å²) < 4.78 is 6.35. The molecule has 0 unspecified atom stereocenters. The molecule has 0 N–H and O–H groups in total. The van der Waals surface area contributed by atoms with Gasteiger partial charge >= 0.3 is 0 Å². The van der Waals surface area contributed by atoms with Crippen LogP contribution in [0.15, 0.2) is 91.0 Å². The first-order chi connectivity index (χ1) is 17.3. The van der Waals surface area contributed by atoms with Gasteiger partial charge in [0.15, 0.2) is 8.32 Å². The Labute approximate surface area is 239 Å². The van der Waals surface area contributed by atoms with Gasteiger partial charge in [0.05, 0.1) is 6.16 Å². The van der Waals surface area contributed by atoms with Crippen LogP contribution in [0.5, 0.6) is 0 Å². The monoisotopic (exact) mass is 598 g/mol. The quantitative estimate of drug-likeness (QED) is 0.131. The van der Waals surface area contributed by atoms with Crippen molar-refractivity contribution in [3.8, 4) is 0 Å². The SMILES string of the molecule is CC(C)(C)[Si](C)(C)OCCCCCCCCC[P+](c1ccccc1)(c1ccccc1)c1ccccc1.[Br-]. The van der Waals surface area contributed by atoms with Gasteiger partial charge in [-0.2, -0.15) is 0 Å². The molecule has 0 aromatic heterocycles. The number of benzene rings is 3. The second-order valence-electron chi connectivity index (χ2n) is 11.6. The Morgan fingerprint density at radius 3 is 1.30 bits per heavy atom. The van der Waals surface area contributed by atoms with E-state index in [9.17, 15) is 0 Å². The van der Waals surface area contributed by atoms with Gasteiger partial charge in [0.2, 0.25) is 0 Å². The molecule has 1 nitrogen and oxygen atoms in total. The molecule has 0 aliphatic carbocycles. The highest BCUT2D eigenvalue weighted by Crippen LogP contribution is 2.56. The number of hydrogen-bond donors (Lipinski definition) is 0. The Morgan fingerprint density at radius 1 is 0.568 bits per heavy atom. The Morgan fingerprint density at radius 2 is 0.919 bits per heavy atom. The lowest BCUT2D eigenvalue weighted by Gasteiger charge is -2.36. The minimum Gasteiger partial charge on any atom is -1.00 e. The van der Waals surface area contributed by atoms with E-state index in [0.717, 1.165) is 6.61 Å². The van der Waals surface area contributed by atoms with Crippen molar-refractivity contribution in [3.05, 3.63) is 91.0 Å². The van der Waals surface area contributed by atoms with E-state index in [1.807, 2.05) is 0 Å². The van der Waals surface area contributed by atoms with Crippen LogP contribution in [0.3, 0.4) is 0 Å². The molecule has 3 aromatic rings. The molecule has 0 saturated heterocycles. The molecule has 0 saturated carbocycles. The number of rotatable bonds is 14. The first-order valence-corrected chi connectivity index (χ1v) is 18.8. The van der Waals surface area contributed by atoms with E-state index < -0.39 is 15.6 Å². The minimum atomic E-state index is -1.67. The third-order valence-electron chi connectivity index (χ3n) is 8.00. The second kappa shape index (κ2) is 15.4. The average molecular weight is 600 g/mol. The van der Waals surface area contributed by atoms with Crippen LogP contribution in [0.25, 0.3) is 0 Å². The minimum absolute atomic E-state index is 0. The molecule has 0 atom stereocenters. The van der Waals surface area contributed by atoms with Gasteiger partial charge < -0.3 is 21.4 Å². The van der Waals surface area contributed by atoms with Crippen LogP contribution in [-0.4, -0.2) is 21.1 Å². The molecule has 0 aliphatic rings. The maximum absolute atomic E-state index is 6.35. The Bertz CT molecular complexity index is 906. The molecule has 0 fully saturated rings. The Balaban J connectivity index is 0.00000481. The lowest BCUT2D eigenvalue weighted by molar-refractivity contribution is -0.00000850. The van der Waals surface area contributed by atoms with Crippen molar-refractivity contribution >= 4 is 31.5 Å². The van der Waals surface area contributed by atoms with Crippen LogP contribution in [0, 0.1) is 0 Å². The summed E-state index contributed by atoms with van der Waals surface area (Å²) in [6, 6.07) is 33.9. The van der Waals surface area contributed by atoms with Gasteiger partial charge in [-0.3, -0.25) is 0 Å². The van der Waals surface area contributed by atoms with Gasteiger partial charge in [0, 0.05) is 6.61 Å². The molecule has 4 heteroatoms.